The number of hydrogen-bond acceptors (Lipinski definition) is 3. The lowest BCUT2D eigenvalue weighted by Crippen LogP contribution is -1.98. The lowest BCUT2D eigenvalue weighted by molar-refractivity contribution is 0.0697. The molecule has 1 aromatic carbocycles. The van der Waals surface area contributed by atoms with Crippen LogP contribution < -0.4 is 0 Å². The van der Waals surface area contributed by atoms with Crippen LogP contribution in [0, 0.1) is 0 Å². The topological polar surface area (TPSA) is 54.4 Å². The highest BCUT2D eigenvalue weighted by Gasteiger charge is 2.08. The van der Waals surface area contributed by atoms with Crippen LogP contribution in [0.25, 0.3) is 0 Å². The summed E-state index contributed by atoms with van der Waals surface area (Å²) in [6, 6.07) is 8.08. The van der Waals surface area contributed by atoms with Gasteiger partial charge in [0.25, 0.3) is 0 Å². The molecular formula is C12H9BrO3S2. The van der Waals surface area contributed by atoms with Gasteiger partial charge in [0.2, 0.25) is 0 Å². The van der Waals surface area contributed by atoms with Gasteiger partial charge in [0.05, 0.1) is 22.1 Å². The molecule has 1 unspecified atom stereocenters. The summed E-state index contributed by atoms with van der Waals surface area (Å²) in [5.74, 6) is -0.530. The maximum absolute atomic E-state index is 12.1. The van der Waals surface area contributed by atoms with E-state index in [1.807, 2.05) is 11.4 Å². The van der Waals surface area contributed by atoms with Crippen LogP contribution in [0.4, 0.5) is 0 Å². The van der Waals surface area contributed by atoms with E-state index in [0.717, 1.165) is 9.35 Å². The van der Waals surface area contributed by atoms with E-state index in [1.165, 1.54) is 12.1 Å². The van der Waals surface area contributed by atoms with Crippen molar-refractivity contribution < 1.29 is 14.1 Å². The number of carboxylic acids is 1. The summed E-state index contributed by atoms with van der Waals surface area (Å²) in [5, 5.41) is 10.7. The first kappa shape index (κ1) is 13.5. The molecule has 18 heavy (non-hydrogen) atoms. The van der Waals surface area contributed by atoms with Crippen molar-refractivity contribution in [2.75, 3.05) is 0 Å². The van der Waals surface area contributed by atoms with Crippen molar-refractivity contribution in [3.05, 3.63) is 50.6 Å². The van der Waals surface area contributed by atoms with Crippen molar-refractivity contribution >= 4 is 44.0 Å². The molecule has 0 aliphatic rings. The quantitative estimate of drug-likeness (QED) is 0.923. The Morgan fingerprint density at radius 2 is 2.00 bits per heavy atom. The van der Waals surface area contributed by atoms with Gasteiger partial charge in [-0.3, -0.25) is 4.21 Å². The van der Waals surface area contributed by atoms with E-state index in [2.05, 4.69) is 15.9 Å². The maximum atomic E-state index is 12.1. The second-order valence-electron chi connectivity index (χ2n) is 3.55. The smallest absolute Gasteiger partial charge is 0.335 e. The van der Waals surface area contributed by atoms with Crippen LogP contribution in [0.15, 0.2) is 45.1 Å². The second-order valence-corrected chi connectivity index (χ2v) is 6.91. The van der Waals surface area contributed by atoms with Crippen LogP contribution in [0.1, 0.15) is 15.2 Å². The number of carbonyl (C=O) groups is 1. The molecule has 0 fully saturated rings. The fraction of sp³-hybridized carbons (Fsp3) is 0.0833. The molecule has 1 N–H and O–H groups in total. The van der Waals surface area contributed by atoms with Crippen LogP contribution in [-0.2, 0) is 16.6 Å². The minimum Gasteiger partial charge on any atom is -0.478 e. The zero-order chi connectivity index (χ0) is 13.1. The Bertz CT molecular complexity index is 590. The first-order chi connectivity index (χ1) is 8.56. The summed E-state index contributed by atoms with van der Waals surface area (Å²) >= 11 is 4.90. The predicted molar refractivity (Wildman–Crippen MR) is 75.5 cm³/mol. The SMILES string of the molecule is O=C(O)c1ccc(S(=O)Cc2cc(Br)cs2)cc1. The largest absolute Gasteiger partial charge is 0.478 e. The molecule has 0 aliphatic heterocycles. The van der Waals surface area contributed by atoms with Crippen LogP contribution >= 0.6 is 27.3 Å². The molecule has 0 bridgehead atoms. The van der Waals surface area contributed by atoms with Crippen molar-refractivity contribution in [2.45, 2.75) is 10.6 Å². The number of halogens is 1. The molecule has 3 nitrogen and oxygen atoms in total. The van der Waals surface area contributed by atoms with Gasteiger partial charge >= 0.3 is 5.97 Å². The van der Waals surface area contributed by atoms with Crippen molar-refractivity contribution in [1.82, 2.24) is 0 Å². The normalized spacial score (nSPS) is 12.3. The minimum atomic E-state index is -1.15. The number of carboxylic acid groups (broad SMARTS) is 1. The lowest BCUT2D eigenvalue weighted by atomic mass is 10.2. The first-order valence-electron chi connectivity index (χ1n) is 5.01. The van der Waals surface area contributed by atoms with Gasteiger partial charge in [0.15, 0.2) is 0 Å². The lowest BCUT2D eigenvalue weighted by Gasteiger charge is -2.01. The summed E-state index contributed by atoms with van der Waals surface area (Å²) in [7, 11) is -1.15. The van der Waals surface area contributed by atoms with Gasteiger partial charge in [-0.25, -0.2) is 4.79 Å². The molecule has 0 aliphatic carbocycles. The third-order valence-corrected chi connectivity index (χ3v) is 5.51. The standard InChI is InChI=1S/C12H9BrO3S2/c13-9-5-10(17-6-9)7-18(16)11-3-1-8(2-4-11)12(14)15/h1-6H,7H2,(H,14,15). The Hall–Kier alpha value is -0.980. The second kappa shape index (κ2) is 5.77. The average molecular weight is 345 g/mol. The zero-order valence-electron chi connectivity index (χ0n) is 9.13. The number of hydrogen-bond donors (Lipinski definition) is 1. The van der Waals surface area contributed by atoms with E-state index in [-0.39, 0.29) is 5.56 Å². The summed E-state index contributed by atoms with van der Waals surface area (Å²) in [6.45, 7) is 0. The molecule has 6 heteroatoms. The van der Waals surface area contributed by atoms with Crippen LogP contribution in [0.2, 0.25) is 0 Å². The van der Waals surface area contributed by atoms with Crippen LogP contribution in [-0.4, -0.2) is 15.3 Å². The Morgan fingerprint density at radius 3 is 2.50 bits per heavy atom. The monoisotopic (exact) mass is 344 g/mol. The van der Waals surface area contributed by atoms with E-state index in [4.69, 9.17) is 5.11 Å². The highest BCUT2D eigenvalue weighted by Crippen LogP contribution is 2.22. The van der Waals surface area contributed by atoms with Crippen molar-refractivity contribution in [3.8, 4) is 0 Å². The van der Waals surface area contributed by atoms with Gasteiger partial charge in [-0.1, -0.05) is 0 Å². The number of aromatic carboxylic acids is 1. The summed E-state index contributed by atoms with van der Waals surface area (Å²) in [5.41, 5.74) is 0.203. The highest BCUT2D eigenvalue weighted by atomic mass is 79.9. The van der Waals surface area contributed by atoms with Crippen molar-refractivity contribution in [1.29, 1.82) is 0 Å². The van der Waals surface area contributed by atoms with E-state index in [9.17, 15) is 9.00 Å². The van der Waals surface area contributed by atoms with E-state index in [0.29, 0.717) is 10.6 Å². The molecule has 0 radical (unpaired) electrons. The molecule has 2 rings (SSSR count). The van der Waals surface area contributed by atoms with E-state index >= 15 is 0 Å². The van der Waals surface area contributed by atoms with Gasteiger partial charge in [-0.15, -0.1) is 11.3 Å². The molecule has 0 saturated carbocycles. The number of benzene rings is 1. The molecule has 1 aromatic heterocycles. The Labute approximate surface area is 119 Å². The zero-order valence-corrected chi connectivity index (χ0v) is 12.3. The third kappa shape index (κ3) is 3.28. The maximum Gasteiger partial charge on any atom is 0.335 e. The Morgan fingerprint density at radius 1 is 1.33 bits per heavy atom. The third-order valence-electron chi connectivity index (χ3n) is 2.26. The number of rotatable bonds is 4. The van der Waals surface area contributed by atoms with Gasteiger partial charge < -0.3 is 5.11 Å². The molecule has 1 heterocycles. The predicted octanol–water partition coefficient (Wildman–Crippen LogP) is 3.52. The van der Waals surface area contributed by atoms with Gasteiger partial charge in [-0.2, -0.15) is 0 Å². The Kier molecular flexibility index (Phi) is 4.31. The first-order valence-corrected chi connectivity index (χ1v) is 8.00. The summed E-state index contributed by atoms with van der Waals surface area (Å²) in [6.07, 6.45) is 0. The van der Waals surface area contributed by atoms with Gasteiger partial charge in [0, 0.05) is 19.6 Å². The molecule has 0 amide bonds. The molecule has 1 atom stereocenters. The average Bonchev–Trinajstić information content (AvgIpc) is 2.75. The van der Waals surface area contributed by atoms with Crippen LogP contribution in [0.5, 0.6) is 0 Å². The molecule has 0 spiro atoms. The van der Waals surface area contributed by atoms with Crippen LogP contribution in [0.3, 0.4) is 0 Å². The van der Waals surface area contributed by atoms with Gasteiger partial charge in [0.1, 0.15) is 0 Å². The van der Waals surface area contributed by atoms with Crippen molar-refractivity contribution in [2.24, 2.45) is 0 Å². The Balaban J connectivity index is 2.11. The fourth-order valence-electron chi connectivity index (χ4n) is 1.39. The van der Waals surface area contributed by atoms with E-state index in [1.54, 1.807) is 23.5 Å². The summed E-state index contributed by atoms with van der Waals surface area (Å²) in [4.78, 5) is 12.4. The molecule has 2 aromatic rings. The minimum absolute atomic E-state index is 0.203. The molecule has 94 valence electrons. The molecule has 0 saturated heterocycles. The number of thiophene rings is 1. The molecular weight excluding hydrogens is 336 g/mol. The van der Waals surface area contributed by atoms with Crippen molar-refractivity contribution in [3.63, 3.8) is 0 Å². The van der Waals surface area contributed by atoms with Gasteiger partial charge in [-0.05, 0) is 46.3 Å². The highest BCUT2D eigenvalue weighted by molar-refractivity contribution is 9.10. The van der Waals surface area contributed by atoms with E-state index < -0.39 is 16.8 Å². The summed E-state index contributed by atoms with van der Waals surface area (Å²) < 4.78 is 13.0. The fourth-order valence-corrected chi connectivity index (χ4v) is 4.17.